The zero-order valence-electron chi connectivity index (χ0n) is 13.3. The molecular weight excluding hydrogens is 299 g/mol. The van der Waals surface area contributed by atoms with E-state index in [1.54, 1.807) is 10.6 Å². The van der Waals surface area contributed by atoms with Crippen molar-refractivity contribution >= 4 is 5.97 Å². The van der Waals surface area contributed by atoms with Gasteiger partial charge in [0.05, 0.1) is 18.6 Å². The van der Waals surface area contributed by atoms with Crippen molar-refractivity contribution in [3.63, 3.8) is 0 Å². The van der Waals surface area contributed by atoms with E-state index in [0.717, 1.165) is 0 Å². The lowest BCUT2D eigenvalue weighted by Crippen LogP contribution is -2.44. The Morgan fingerprint density at radius 1 is 1.52 bits per heavy atom. The molecule has 1 aromatic heterocycles. The van der Waals surface area contributed by atoms with E-state index in [9.17, 15) is 14.3 Å². The van der Waals surface area contributed by atoms with E-state index in [1.165, 1.54) is 24.7 Å². The van der Waals surface area contributed by atoms with Crippen LogP contribution in [0.2, 0.25) is 0 Å². The lowest BCUT2D eigenvalue weighted by molar-refractivity contribution is 0.00573. The first-order valence-electron chi connectivity index (χ1n) is 7.55. The number of fused-ring (bicyclic) bond motifs is 1. The number of rotatable bonds is 3. The summed E-state index contributed by atoms with van der Waals surface area (Å²) in [6, 6.07) is 4.03. The molecule has 23 heavy (non-hydrogen) atoms. The van der Waals surface area contributed by atoms with E-state index >= 15 is 0 Å². The molecule has 2 heterocycles. The molecule has 2 aromatic rings. The number of carboxylic acids is 1. The Bertz CT molecular complexity index is 756. The van der Waals surface area contributed by atoms with Gasteiger partial charge in [-0.05, 0) is 31.0 Å². The van der Waals surface area contributed by atoms with Crippen molar-refractivity contribution in [3.05, 3.63) is 47.8 Å². The van der Waals surface area contributed by atoms with Crippen molar-refractivity contribution in [2.45, 2.75) is 38.8 Å². The average Bonchev–Trinajstić information content (AvgIpc) is 2.96. The van der Waals surface area contributed by atoms with Crippen LogP contribution in [0.5, 0.6) is 5.75 Å². The molecule has 122 valence electrons. The summed E-state index contributed by atoms with van der Waals surface area (Å²) < 4.78 is 21.4. The maximum atomic E-state index is 13.7. The fraction of sp³-hybridized carbons (Fsp3) is 0.412. The summed E-state index contributed by atoms with van der Waals surface area (Å²) in [5.41, 5.74) is 0.247. The van der Waals surface area contributed by atoms with Gasteiger partial charge in [0.1, 0.15) is 22.9 Å². The number of aromatic nitrogens is 2. The van der Waals surface area contributed by atoms with Gasteiger partial charge >= 0.3 is 5.97 Å². The molecule has 2 atom stereocenters. The van der Waals surface area contributed by atoms with E-state index < -0.39 is 11.6 Å². The summed E-state index contributed by atoms with van der Waals surface area (Å²) in [6.45, 7) is 6.10. The van der Waals surface area contributed by atoms with Gasteiger partial charge < -0.3 is 14.4 Å². The van der Waals surface area contributed by atoms with Crippen LogP contribution in [0, 0.1) is 11.7 Å². The number of imidazole rings is 1. The van der Waals surface area contributed by atoms with Crippen molar-refractivity contribution in [1.29, 1.82) is 0 Å². The Morgan fingerprint density at radius 2 is 2.26 bits per heavy atom. The summed E-state index contributed by atoms with van der Waals surface area (Å²) in [4.78, 5) is 15.4. The zero-order chi connectivity index (χ0) is 16.8. The third-order valence-corrected chi connectivity index (χ3v) is 4.71. The monoisotopic (exact) mass is 318 g/mol. The number of aromatic carboxylic acids is 1. The normalized spacial score (nSPS) is 23.4. The molecule has 0 aliphatic carbocycles. The van der Waals surface area contributed by atoms with Crippen molar-refractivity contribution in [1.82, 2.24) is 9.55 Å². The SMILES string of the molecule is CC(C)C1(C)CC(n2cncc2C(=O)O)c2cc(F)ccc2O1. The molecule has 0 bridgehead atoms. The Balaban J connectivity index is 2.16. The van der Waals surface area contributed by atoms with Crippen LogP contribution in [0.3, 0.4) is 0 Å². The first-order chi connectivity index (χ1) is 10.8. The van der Waals surface area contributed by atoms with Crippen LogP contribution in [-0.2, 0) is 0 Å². The van der Waals surface area contributed by atoms with E-state index in [0.29, 0.717) is 17.7 Å². The van der Waals surface area contributed by atoms with Gasteiger partial charge in [0, 0.05) is 12.0 Å². The average molecular weight is 318 g/mol. The molecule has 1 aliphatic heterocycles. The molecular formula is C17H19FN2O3. The quantitative estimate of drug-likeness (QED) is 0.940. The summed E-state index contributed by atoms with van der Waals surface area (Å²) in [6.07, 6.45) is 3.33. The highest BCUT2D eigenvalue weighted by Crippen LogP contribution is 2.45. The smallest absolute Gasteiger partial charge is 0.354 e. The molecule has 0 saturated heterocycles. The molecule has 1 N–H and O–H groups in total. The van der Waals surface area contributed by atoms with Crippen molar-refractivity contribution in [2.75, 3.05) is 0 Å². The highest BCUT2D eigenvalue weighted by molar-refractivity contribution is 5.85. The summed E-state index contributed by atoms with van der Waals surface area (Å²) in [7, 11) is 0. The summed E-state index contributed by atoms with van der Waals surface area (Å²) in [5, 5.41) is 9.36. The minimum atomic E-state index is -1.06. The zero-order valence-corrected chi connectivity index (χ0v) is 13.3. The van der Waals surface area contributed by atoms with Gasteiger partial charge in [0.2, 0.25) is 0 Å². The van der Waals surface area contributed by atoms with Gasteiger partial charge in [-0.15, -0.1) is 0 Å². The highest BCUT2D eigenvalue weighted by atomic mass is 19.1. The number of hydrogen-bond acceptors (Lipinski definition) is 3. The topological polar surface area (TPSA) is 64.4 Å². The van der Waals surface area contributed by atoms with Crippen LogP contribution < -0.4 is 4.74 Å². The first-order valence-corrected chi connectivity index (χ1v) is 7.55. The minimum absolute atomic E-state index is 0.0817. The highest BCUT2D eigenvalue weighted by Gasteiger charge is 2.41. The molecule has 0 amide bonds. The molecule has 3 rings (SSSR count). The van der Waals surface area contributed by atoms with Gasteiger partial charge in [-0.3, -0.25) is 0 Å². The largest absolute Gasteiger partial charge is 0.487 e. The predicted octanol–water partition coefficient (Wildman–Crippen LogP) is 3.51. The summed E-state index contributed by atoms with van der Waals surface area (Å²) in [5.74, 6) is -0.635. The van der Waals surface area contributed by atoms with Gasteiger partial charge in [0.25, 0.3) is 0 Å². The molecule has 0 radical (unpaired) electrons. The second-order valence-corrected chi connectivity index (χ2v) is 6.46. The van der Waals surface area contributed by atoms with Crippen molar-refractivity contribution < 1.29 is 19.0 Å². The van der Waals surface area contributed by atoms with Gasteiger partial charge in [-0.2, -0.15) is 0 Å². The van der Waals surface area contributed by atoms with Gasteiger partial charge in [-0.1, -0.05) is 13.8 Å². The first kappa shape index (κ1) is 15.5. The van der Waals surface area contributed by atoms with Crippen LogP contribution in [-0.4, -0.2) is 26.2 Å². The van der Waals surface area contributed by atoms with Crippen molar-refractivity contribution in [2.24, 2.45) is 5.92 Å². The number of benzene rings is 1. The lowest BCUT2D eigenvalue weighted by atomic mass is 9.81. The Morgan fingerprint density at radius 3 is 2.91 bits per heavy atom. The van der Waals surface area contributed by atoms with Crippen molar-refractivity contribution in [3.8, 4) is 5.75 Å². The standard InChI is InChI=1S/C17H19FN2O3/c1-10(2)17(3)7-13(20-9-19-8-14(20)16(21)22)12-6-11(18)4-5-15(12)23-17/h4-6,8-10,13H,7H2,1-3H3,(H,21,22). The fourth-order valence-corrected chi connectivity index (χ4v) is 2.98. The number of carboxylic acid groups (broad SMARTS) is 1. The Kier molecular flexibility index (Phi) is 3.62. The molecule has 2 unspecified atom stereocenters. The van der Waals surface area contributed by atoms with E-state index in [1.807, 2.05) is 6.92 Å². The predicted molar refractivity (Wildman–Crippen MR) is 82.2 cm³/mol. The maximum absolute atomic E-state index is 13.7. The molecule has 5 nitrogen and oxygen atoms in total. The molecule has 0 saturated carbocycles. The van der Waals surface area contributed by atoms with E-state index in [4.69, 9.17) is 4.74 Å². The minimum Gasteiger partial charge on any atom is -0.487 e. The second kappa shape index (κ2) is 5.37. The molecule has 1 aliphatic rings. The second-order valence-electron chi connectivity index (χ2n) is 6.46. The van der Waals surface area contributed by atoms with E-state index in [-0.39, 0.29) is 23.5 Å². The Labute approximate surface area is 133 Å². The van der Waals surface area contributed by atoms with E-state index in [2.05, 4.69) is 18.8 Å². The Hall–Kier alpha value is -2.37. The van der Waals surface area contributed by atoms with Gasteiger partial charge in [0.15, 0.2) is 0 Å². The number of ether oxygens (including phenoxy) is 1. The molecule has 6 heteroatoms. The van der Waals surface area contributed by atoms with Crippen LogP contribution >= 0.6 is 0 Å². The van der Waals surface area contributed by atoms with Crippen LogP contribution in [0.15, 0.2) is 30.7 Å². The number of nitrogens with zero attached hydrogens (tertiary/aromatic N) is 2. The molecule has 0 fully saturated rings. The number of carbonyl (C=O) groups is 1. The number of hydrogen-bond donors (Lipinski definition) is 1. The van der Waals surface area contributed by atoms with Gasteiger partial charge in [-0.25, -0.2) is 14.2 Å². The molecule has 0 spiro atoms. The van der Waals surface area contributed by atoms with Crippen LogP contribution in [0.1, 0.15) is 49.3 Å². The third kappa shape index (κ3) is 2.58. The summed E-state index contributed by atoms with van der Waals surface area (Å²) >= 11 is 0. The van der Waals surface area contributed by atoms with Crippen LogP contribution in [0.25, 0.3) is 0 Å². The third-order valence-electron chi connectivity index (χ3n) is 4.71. The lowest BCUT2D eigenvalue weighted by Gasteiger charge is -2.43. The number of halogens is 1. The van der Waals surface area contributed by atoms with Crippen LogP contribution in [0.4, 0.5) is 4.39 Å². The molecule has 1 aromatic carbocycles. The fourth-order valence-electron chi connectivity index (χ4n) is 2.98. The maximum Gasteiger partial charge on any atom is 0.354 e.